The predicted molar refractivity (Wildman–Crippen MR) is 88.9 cm³/mol. The molecule has 1 aromatic carbocycles. The zero-order valence-electron chi connectivity index (χ0n) is 13.9. The van der Waals surface area contributed by atoms with Gasteiger partial charge in [-0.1, -0.05) is 12.1 Å². The number of nitrogens with one attached hydrogen (secondary N) is 2. The average Bonchev–Trinajstić information content (AvgIpc) is 3.11. The van der Waals surface area contributed by atoms with Crippen LogP contribution in [-0.2, 0) is 9.59 Å². The molecule has 0 radical (unpaired) electrons. The van der Waals surface area contributed by atoms with Crippen molar-refractivity contribution in [3.63, 3.8) is 0 Å². The van der Waals surface area contributed by atoms with Crippen molar-refractivity contribution in [1.29, 1.82) is 0 Å². The maximum atomic E-state index is 13.5. The normalized spacial score (nSPS) is 24.3. The molecule has 2 atom stereocenters. The first-order chi connectivity index (χ1) is 12.0. The number of nitrogens with zero attached hydrogens (tertiary/aromatic N) is 1. The lowest BCUT2D eigenvalue weighted by molar-refractivity contribution is -0.134. The van der Waals surface area contributed by atoms with E-state index in [4.69, 9.17) is 10.5 Å². The number of primary amides is 1. The van der Waals surface area contributed by atoms with E-state index in [1.807, 2.05) is 0 Å². The van der Waals surface area contributed by atoms with Gasteiger partial charge in [-0.05, 0) is 37.3 Å². The number of likely N-dealkylation sites (tertiary alicyclic amines) is 1. The van der Waals surface area contributed by atoms with Crippen LogP contribution in [0.2, 0.25) is 0 Å². The number of carbonyl (C=O) groups is 2. The van der Waals surface area contributed by atoms with Crippen LogP contribution >= 0.6 is 0 Å². The smallest absolute Gasteiger partial charge is 0.260 e. The molecule has 0 aliphatic carbocycles. The van der Waals surface area contributed by atoms with Crippen LogP contribution in [0.5, 0.6) is 5.75 Å². The molecule has 0 bridgehead atoms. The highest BCUT2D eigenvalue weighted by Gasteiger charge is 2.35. The summed E-state index contributed by atoms with van der Waals surface area (Å²) in [4.78, 5) is 25.2. The molecular weight excluding hydrogens is 327 g/mol. The minimum absolute atomic E-state index is 0.0875. The van der Waals surface area contributed by atoms with E-state index in [1.54, 1.807) is 17.0 Å². The maximum Gasteiger partial charge on any atom is 0.260 e. The summed E-state index contributed by atoms with van der Waals surface area (Å²) in [5.41, 5.74) is 11.4. The molecule has 2 amide bonds. The Morgan fingerprint density at radius 3 is 2.60 bits per heavy atom. The number of hydrogen-bond donors (Lipinski definition) is 3. The van der Waals surface area contributed by atoms with E-state index in [9.17, 15) is 14.0 Å². The minimum Gasteiger partial charge on any atom is -0.481 e. The quantitative estimate of drug-likeness (QED) is 0.703. The number of amides is 2. The van der Waals surface area contributed by atoms with Crippen LogP contribution in [0.3, 0.4) is 0 Å². The van der Waals surface area contributed by atoms with Gasteiger partial charge in [0.25, 0.3) is 5.91 Å². The van der Waals surface area contributed by atoms with Gasteiger partial charge >= 0.3 is 0 Å². The summed E-state index contributed by atoms with van der Waals surface area (Å²) < 4.78 is 18.8. The lowest BCUT2D eigenvalue weighted by Crippen LogP contribution is -2.46. The molecule has 2 aliphatic heterocycles. The van der Waals surface area contributed by atoms with Crippen LogP contribution < -0.4 is 21.3 Å². The molecule has 0 aromatic heterocycles. The Morgan fingerprint density at radius 2 is 1.96 bits per heavy atom. The lowest BCUT2D eigenvalue weighted by Gasteiger charge is -2.34. The number of benzene rings is 1. The second kappa shape index (κ2) is 7.79. The highest BCUT2D eigenvalue weighted by atomic mass is 19.1. The van der Waals surface area contributed by atoms with E-state index in [2.05, 4.69) is 10.9 Å². The lowest BCUT2D eigenvalue weighted by atomic mass is 9.87. The SMILES string of the molecule is NC(=O)C1CC(C2CCN(C(=O)COc3ccccc3F)CC2)NN1. The largest absolute Gasteiger partial charge is 0.481 e. The first kappa shape index (κ1) is 17.6. The van der Waals surface area contributed by atoms with E-state index in [1.165, 1.54) is 12.1 Å². The molecule has 25 heavy (non-hydrogen) atoms. The Balaban J connectivity index is 1.43. The van der Waals surface area contributed by atoms with Crippen molar-refractivity contribution in [2.24, 2.45) is 11.7 Å². The van der Waals surface area contributed by atoms with Gasteiger partial charge in [0.15, 0.2) is 18.2 Å². The Hall–Kier alpha value is -2.19. The van der Waals surface area contributed by atoms with E-state index in [0.717, 1.165) is 12.8 Å². The van der Waals surface area contributed by atoms with E-state index in [-0.39, 0.29) is 36.3 Å². The molecule has 4 N–H and O–H groups in total. The average molecular weight is 350 g/mol. The molecule has 2 fully saturated rings. The maximum absolute atomic E-state index is 13.5. The fraction of sp³-hybridized carbons (Fsp3) is 0.529. The number of hydrazine groups is 1. The number of nitrogens with two attached hydrogens (primary N) is 1. The third-order valence-electron chi connectivity index (χ3n) is 4.93. The van der Waals surface area contributed by atoms with E-state index in [0.29, 0.717) is 25.4 Å². The summed E-state index contributed by atoms with van der Waals surface area (Å²) >= 11 is 0. The fourth-order valence-corrected chi connectivity index (χ4v) is 3.42. The third kappa shape index (κ3) is 4.26. The Labute approximate surface area is 145 Å². The first-order valence-corrected chi connectivity index (χ1v) is 8.50. The zero-order chi connectivity index (χ0) is 17.8. The molecule has 0 spiro atoms. The van der Waals surface area contributed by atoms with E-state index >= 15 is 0 Å². The van der Waals surface area contributed by atoms with Gasteiger partial charge in [-0.25, -0.2) is 9.82 Å². The van der Waals surface area contributed by atoms with Gasteiger partial charge in [-0.2, -0.15) is 0 Å². The van der Waals surface area contributed by atoms with Crippen molar-refractivity contribution < 1.29 is 18.7 Å². The van der Waals surface area contributed by atoms with Gasteiger partial charge in [0.1, 0.15) is 6.04 Å². The minimum atomic E-state index is -0.474. The Kier molecular flexibility index (Phi) is 5.50. The van der Waals surface area contributed by atoms with Crippen LogP contribution in [0, 0.1) is 11.7 Å². The zero-order valence-corrected chi connectivity index (χ0v) is 13.9. The third-order valence-corrected chi connectivity index (χ3v) is 4.93. The summed E-state index contributed by atoms with van der Waals surface area (Å²) in [6.45, 7) is 1.09. The number of piperidine rings is 1. The Bertz CT molecular complexity index is 634. The number of halogens is 1. The summed E-state index contributed by atoms with van der Waals surface area (Å²) in [6, 6.07) is 5.89. The molecule has 3 rings (SSSR count). The van der Waals surface area contributed by atoms with Gasteiger partial charge in [-0.3, -0.25) is 15.0 Å². The van der Waals surface area contributed by atoms with Crippen LogP contribution in [-0.4, -0.2) is 48.5 Å². The van der Waals surface area contributed by atoms with E-state index < -0.39 is 5.82 Å². The molecule has 8 heteroatoms. The van der Waals surface area contributed by atoms with Crippen molar-refractivity contribution in [2.45, 2.75) is 31.3 Å². The predicted octanol–water partition coefficient (Wildman–Crippen LogP) is 0.164. The van der Waals surface area contributed by atoms with Gasteiger partial charge in [0.05, 0.1) is 0 Å². The highest BCUT2D eigenvalue weighted by Crippen LogP contribution is 2.25. The van der Waals surface area contributed by atoms with Gasteiger partial charge in [0.2, 0.25) is 5.91 Å². The van der Waals surface area contributed by atoms with Crippen LogP contribution in [0.15, 0.2) is 24.3 Å². The molecule has 136 valence electrons. The fourth-order valence-electron chi connectivity index (χ4n) is 3.42. The molecule has 2 aliphatic rings. The van der Waals surface area contributed by atoms with Crippen LogP contribution in [0.25, 0.3) is 0 Å². The molecular formula is C17H23FN4O3. The Morgan fingerprint density at radius 1 is 1.24 bits per heavy atom. The number of carbonyl (C=O) groups excluding carboxylic acids is 2. The summed E-state index contributed by atoms with van der Waals surface area (Å²) in [5.74, 6) is -0.502. The number of para-hydroxylation sites is 1. The first-order valence-electron chi connectivity index (χ1n) is 8.50. The van der Waals surface area contributed by atoms with Crippen LogP contribution in [0.4, 0.5) is 4.39 Å². The standard InChI is InChI=1S/C17H23FN4O3/c18-12-3-1-2-4-15(12)25-10-16(23)22-7-5-11(6-8-22)13-9-14(17(19)24)21-20-13/h1-4,11,13-14,20-21H,5-10H2,(H2,19,24). The van der Waals surface area contributed by atoms with Crippen molar-refractivity contribution in [3.8, 4) is 5.75 Å². The number of ether oxygens (including phenoxy) is 1. The number of hydrogen-bond acceptors (Lipinski definition) is 5. The van der Waals surface area contributed by atoms with Crippen molar-refractivity contribution >= 4 is 11.8 Å². The topological polar surface area (TPSA) is 96.7 Å². The van der Waals surface area contributed by atoms with Crippen molar-refractivity contribution in [2.75, 3.05) is 19.7 Å². The summed E-state index contributed by atoms with van der Waals surface area (Å²) in [7, 11) is 0. The molecule has 2 saturated heterocycles. The van der Waals surface area contributed by atoms with Crippen molar-refractivity contribution in [1.82, 2.24) is 15.8 Å². The van der Waals surface area contributed by atoms with Gasteiger partial charge < -0.3 is 15.4 Å². The van der Waals surface area contributed by atoms with Gasteiger partial charge in [-0.15, -0.1) is 0 Å². The summed E-state index contributed by atoms with van der Waals surface area (Å²) in [5, 5.41) is 0. The molecule has 0 saturated carbocycles. The highest BCUT2D eigenvalue weighted by molar-refractivity contribution is 5.80. The molecule has 1 aromatic rings. The molecule has 2 heterocycles. The molecule has 7 nitrogen and oxygen atoms in total. The van der Waals surface area contributed by atoms with Crippen molar-refractivity contribution in [3.05, 3.63) is 30.1 Å². The van der Waals surface area contributed by atoms with Crippen LogP contribution in [0.1, 0.15) is 19.3 Å². The second-order valence-electron chi connectivity index (χ2n) is 6.52. The monoisotopic (exact) mass is 350 g/mol. The summed E-state index contributed by atoms with van der Waals surface area (Å²) in [6.07, 6.45) is 2.36. The van der Waals surface area contributed by atoms with Gasteiger partial charge in [0, 0.05) is 19.1 Å². The molecule has 2 unspecified atom stereocenters. The number of rotatable bonds is 5. The second-order valence-corrected chi connectivity index (χ2v) is 6.52.